The third kappa shape index (κ3) is 3.01. The molecule has 13 heavy (non-hydrogen) atoms. The smallest absolute Gasteiger partial charge is 0.146 e. The first-order valence-electron chi connectivity index (χ1n) is 3.73. The summed E-state index contributed by atoms with van der Waals surface area (Å²) in [7, 11) is 0. The number of hydrogen-bond donors (Lipinski definition) is 0. The summed E-state index contributed by atoms with van der Waals surface area (Å²) in [4.78, 5) is 0. The topological polar surface area (TPSA) is 49.4 Å². The van der Waals surface area contributed by atoms with E-state index in [-0.39, 0.29) is 0 Å². The number of rotatable bonds is 3. The van der Waals surface area contributed by atoms with Gasteiger partial charge < -0.3 is 8.74 Å². The van der Waals surface area contributed by atoms with Crippen molar-refractivity contribution in [3.63, 3.8) is 0 Å². The zero-order valence-electron chi connectivity index (χ0n) is 7.10. The minimum Gasteiger partial charge on any atom is -0.740 e. The van der Waals surface area contributed by atoms with Crippen LogP contribution in [0.25, 0.3) is 6.08 Å². The molecule has 0 fully saturated rings. The first-order valence-corrected chi connectivity index (χ1v) is 4.73. The summed E-state index contributed by atoms with van der Waals surface area (Å²) in [5.74, 6) is 0.342. The van der Waals surface area contributed by atoms with E-state index >= 15 is 0 Å². The van der Waals surface area contributed by atoms with Crippen LogP contribution >= 0.6 is 0 Å². The zero-order valence-corrected chi connectivity index (χ0v) is 7.91. The molecule has 0 aliphatic carbocycles. The third-order valence-corrected chi connectivity index (χ3v) is 1.74. The average Bonchev–Trinajstić information content (AvgIpc) is 2.08. The molecule has 0 aromatic heterocycles. The van der Waals surface area contributed by atoms with E-state index in [1.54, 1.807) is 24.3 Å². The van der Waals surface area contributed by atoms with Crippen LogP contribution in [0.1, 0.15) is 12.5 Å². The van der Waals surface area contributed by atoms with Crippen LogP contribution in [0.15, 0.2) is 30.3 Å². The lowest BCUT2D eigenvalue weighted by Crippen LogP contribution is -1.98. The molecular weight excluding hydrogens is 188 g/mol. The molecule has 0 aliphatic heterocycles. The van der Waals surface area contributed by atoms with Gasteiger partial charge in [0.2, 0.25) is 0 Å². The lowest BCUT2D eigenvalue weighted by atomic mass is 10.2. The van der Waals surface area contributed by atoms with Gasteiger partial charge >= 0.3 is 0 Å². The SMILES string of the molecule is CC=Cc1ccccc1OS(=O)[O-]. The Bertz CT molecular complexity index is 333. The van der Waals surface area contributed by atoms with E-state index in [0.29, 0.717) is 5.75 Å². The van der Waals surface area contributed by atoms with Crippen molar-refractivity contribution in [2.24, 2.45) is 0 Å². The molecule has 1 aromatic rings. The number of para-hydroxylation sites is 1. The molecular formula is C9H9O3S-. The maximum atomic E-state index is 10.3. The van der Waals surface area contributed by atoms with Crippen LogP contribution in [-0.2, 0) is 11.4 Å². The monoisotopic (exact) mass is 197 g/mol. The fourth-order valence-corrected chi connectivity index (χ4v) is 1.25. The molecule has 1 aromatic carbocycles. The Kier molecular flexibility index (Phi) is 3.67. The standard InChI is InChI=1S/C9H10O3S/c1-2-5-8-6-3-4-7-9(8)12-13(10)11/h2-7H,1H3,(H,10,11)/p-1. The van der Waals surface area contributed by atoms with Crippen LogP contribution in [-0.4, -0.2) is 8.76 Å². The Morgan fingerprint density at radius 2 is 2.15 bits per heavy atom. The summed E-state index contributed by atoms with van der Waals surface area (Å²) in [5.41, 5.74) is 0.745. The molecule has 70 valence electrons. The largest absolute Gasteiger partial charge is 0.740 e. The van der Waals surface area contributed by atoms with Gasteiger partial charge in [0.15, 0.2) is 0 Å². The number of benzene rings is 1. The van der Waals surface area contributed by atoms with Gasteiger partial charge in [-0.05, 0) is 13.0 Å². The average molecular weight is 197 g/mol. The Balaban J connectivity index is 2.97. The molecule has 1 rings (SSSR count). The van der Waals surface area contributed by atoms with E-state index in [9.17, 15) is 8.76 Å². The molecule has 0 aliphatic rings. The van der Waals surface area contributed by atoms with Crippen LogP contribution in [0, 0.1) is 0 Å². The van der Waals surface area contributed by atoms with E-state index in [1.165, 1.54) is 0 Å². The molecule has 0 radical (unpaired) electrons. The molecule has 0 bridgehead atoms. The van der Waals surface area contributed by atoms with E-state index in [4.69, 9.17) is 0 Å². The van der Waals surface area contributed by atoms with Gasteiger partial charge in [0.05, 0.1) is 0 Å². The van der Waals surface area contributed by atoms with E-state index in [2.05, 4.69) is 4.18 Å². The van der Waals surface area contributed by atoms with Crippen molar-refractivity contribution in [2.45, 2.75) is 6.92 Å². The minimum atomic E-state index is -2.51. The van der Waals surface area contributed by atoms with Crippen LogP contribution in [0.3, 0.4) is 0 Å². The van der Waals surface area contributed by atoms with Crippen LogP contribution in [0.4, 0.5) is 0 Å². The summed E-state index contributed by atoms with van der Waals surface area (Å²) >= 11 is -2.51. The minimum absolute atomic E-state index is 0.342. The van der Waals surface area contributed by atoms with Crippen molar-refractivity contribution in [2.75, 3.05) is 0 Å². The molecule has 1 atom stereocenters. The first kappa shape index (κ1) is 9.95. The third-order valence-electron chi connectivity index (χ3n) is 1.42. The molecule has 0 saturated heterocycles. The second-order valence-electron chi connectivity index (χ2n) is 2.33. The highest BCUT2D eigenvalue weighted by Gasteiger charge is 1.98. The van der Waals surface area contributed by atoms with Crippen LogP contribution < -0.4 is 4.18 Å². The highest BCUT2D eigenvalue weighted by molar-refractivity contribution is 7.74. The predicted octanol–water partition coefficient (Wildman–Crippen LogP) is 1.89. The van der Waals surface area contributed by atoms with Gasteiger partial charge in [0, 0.05) is 5.56 Å². The maximum Gasteiger partial charge on any atom is 0.146 e. The predicted molar refractivity (Wildman–Crippen MR) is 50.7 cm³/mol. The highest BCUT2D eigenvalue weighted by Crippen LogP contribution is 2.19. The van der Waals surface area contributed by atoms with Crippen molar-refractivity contribution >= 4 is 17.4 Å². The second-order valence-corrected chi connectivity index (χ2v) is 2.90. The van der Waals surface area contributed by atoms with Gasteiger partial charge in [0.25, 0.3) is 0 Å². The maximum absolute atomic E-state index is 10.3. The molecule has 0 spiro atoms. The Hall–Kier alpha value is -1.13. The van der Waals surface area contributed by atoms with Gasteiger partial charge in [0.1, 0.15) is 17.1 Å². The summed E-state index contributed by atoms with van der Waals surface area (Å²) < 4.78 is 25.1. The molecule has 0 heterocycles. The van der Waals surface area contributed by atoms with Crippen LogP contribution in [0.5, 0.6) is 5.75 Å². The van der Waals surface area contributed by atoms with Crippen molar-refractivity contribution in [3.8, 4) is 5.75 Å². The second kappa shape index (κ2) is 4.79. The van der Waals surface area contributed by atoms with Crippen molar-refractivity contribution in [3.05, 3.63) is 35.9 Å². The molecule has 0 N–H and O–H groups in total. The van der Waals surface area contributed by atoms with Gasteiger partial charge in [-0.15, -0.1) is 0 Å². The van der Waals surface area contributed by atoms with Crippen molar-refractivity contribution < 1.29 is 12.9 Å². The zero-order chi connectivity index (χ0) is 9.68. The van der Waals surface area contributed by atoms with E-state index < -0.39 is 11.4 Å². The summed E-state index contributed by atoms with van der Waals surface area (Å²) in [6.45, 7) is 1.85. The Labute approximate surface area is 79.5 Å². The molecule has 0 saturated carbocycles. The molecule has 4 heteroatoms. The van der Waals surface area contributed by atoms with Crippen LogP contribution in [0.2, 0.25) is 0 Å². The first-order chi connectivity index (χ1) is 6.24. The quantitative estimate of drug-likeness (QED) is 0.695. The molecule has 1 unspecified atom stereocenters. The molecule has 3 nitrogen and oxygen atoms in total. The lowest BCUT2D eigenvalue weighted by Gasteiger charge is -2.09. The van der Waals surface area contributed by atoms with E-state index in [0.717, 1.165) is 5.56 Å². The Morgan fingerprint density at radius 3 is 2.77 bits per heavy atom. The van der Waals surface area contributed by atoms with Gasteiger partial charge in [-0.3, -0.25) is 0 Å². The molecule has 0 amide bonds. The highest BCUT2D eigenvalue weighted by atomic mass is 32.2. The fraction of sp³-hybridized carbons (Fsp3) is 0.111. The number of hydrogen-bond acceptors (Lipinski definition) is 3. The summed E-state index contributed by atoms with van der Waals surface area (Å²) in [6, 6.07) is 6.92. The summed E-state index contributed by atoms with van der Waals surface area (Å²) in [5, 5.41) is 0. The van der Waals surface area contributed by atoms with Crippen molar-refractivity contribution in [1.82, 2.24) is 0 Å². The van der Waals surface area contributed by atoms with Gasteiger partial charge in [-0.2, -0.15) is 0 Å². The normalized spacial score (nSPS) is 13.1. The lowest BCUT2D eigenvalue weighted by molar-refractivity contribution is 0.440. The van der Waals surface area contributed by atoms with Gasteiger partial charge in [-0.1, -0.05) is 30.4 Å². The van der Waals surface area contributed by atoms with Gasteiger partial charge in [-0.25, -0.2) is 4.21 Å². The van der Waals surface area contributed by atoms with E-state index in [1.807, 2.05) is 19.1 Å². The fourth-order valence-electron chi connectivity index (χ4n) is 0.947. The van der Waals surface area contributed by atoms with Crippen molar-refractivity contribution in [1.29, 1.82) is 0 Å². The Morgan fingerprint density at radius 1 is 1.46 bits per heavy atom. The number of allylic oxidation sites excluding steroid dienone is 1. The summed E-state index contributed by atoms with van der Waals surface area (Å²) in [6.07, 6.45) is 3.60.